The lowest BCUT2D eigenvalue weighted by atomic mass is 10.4. The zero-order chi connectivity index (χ0) is 9.68. The van der Waals surface area contributed by atoms with Gasteiger partial charge in [0.25, 0.3) is 5.95 Å². The Morgan fingerprint density at radius 3 is 3.00 bits per heavy atom. The number of hydrogen-bond donors (Lipinski definition) is 0. The summed E-state index contributed by atoms with van der Waals surface area (Å²) in [5.41, 5.74) is 0. The second-order valence-corrected chi connectivity index (χ2v) is 2.68. The third-order valence-corrected chi connectivity index (χ3v) is 1.45. The maximum Gasteiger partial charge on any atom is 0.255 e. The highest BCUT2D eigenvalue weighted by Gasteiger charge is 2.07. The van der Waals surface area contributed by atoms with E-state index in [0.717, 1.165) is 0 Å². The van der Waals surface area contributed by atoms with Crippen LogP contribution in [0.25, 0.3) is 0 Å². The Hall–Kier alpha value is -1.16. The minimum Gasteiger partial charge on any atom is -0.484 e. The van der Waals surface area contributed by atoms with Crippen molar-refractivity contribution < 1.29 is 13.9 Å². The molecule has 13 heavy (non-hydrogen) atoms. The Morgan fingerprint density at radius 2 is 2.38 bits per heavy atom. The number of aromatic nitrogens is 1. The second kappa shape index (κ2) is 4.77. The van der Waals surface area contributed by atoms with Gasteiger partial charge in [0.15, 0.2) is 5.75 Å². The van der Waals surface area contributed by atoms with Gasteiger partial charge >= 0.3 is 0 Å². The standard InChI is InChI=1S/C9H12FNO2/c1-7(6-12-2)13-8-4-3-5-11-9(8)10/h3-5,7H,6H2,1-2H3. The lowest BCUT2D eigenvalue weighted by Crippen LogP contribution is -2.18. The molecule has 0 saturated carbocycles. The summed E-state index contributed by atoms with van der Waals surface area (Å²) in [6, 6.07) is 3.16. The predicted molar refractivity (Wildman–Crippen MR) is 46.2 cm³/mol. The molecule has 1 aromatic rings. The van der Waals surface area contributed by atoms with Crippen LogP contribution in [0.15, 0.2) is 18.3 Å². The summed E-state index contributed by atoms with van der Waals surface area (Å²) in [7, 11) is 1.57. The molecule has 72 valence electrons. The zero-order valence-corrected chi connectivity index (χ0v) is 7.66. The fourth-order valence-electron chi connectivity index (χ4n) is 0.945. The van der Waals surface area contributed by atoms with Crippen molar-refractivity contribution in [2.75, 3.05) is 13.7 Å². The molecule has 0 N–H and O–H groups in total. The molecule has 0 aromatic carbocycles. The highest BCUT2D eigenvalue weighted by Crippen LogP contribution is 2.14. The van der Waals surface area contributed by atoms with Crippen LogP contribution in [0, 0.1) is 5.95 Å². The summed E-state index contributed by atoms with van der Waals surface area (Å²) in [6.45, 7) is 2.23. The lowest BCUT2D eigenvalue weighted by molar-refractivity contribution is 0.0886. The van der Waals surface area contributed by atoms with Crippen molar-refractivity contribution in [2.24, 2.45) is 0 Å². The van der Waals surface area contributed by atoms with E-state index >= 15 is 0 Å². The topological polar surface area (TPSA) is 31.4 Å². The summed E-state index contributed by atoms with van der Waals surface area (Å²) >= 11 is 0. The van der Waals surface area contributed by atoms with Gasteiger partial charge in [0.2, 0.25) is 0 Å². The second-order valence-electron chi connectivity index (χ2n) is 2.68. The van der Waals surface area contributed by atoms with Crippen molar-refractivity contribution in [3.63, 3.8) is 0 Å². The summed E-state index contributed by atoms with van der Waals surface area (Å²) < 4.78 is 23.0. The van der Waals surface area contributed by atoms with Crippen LogP contribution < -0.4 is 4.74 Å². The summed E-state index contributed by atoms with van der Waals surface area (Å²) in [5.74, 6) is -0.433. The minimum atomic E-state index is -0.592. The number of pyridine rings is 1. The maximum absolute atomic E-state index is 12.9. The van der Waals surface area contributed by atoms with E-state index in [1.165, 1.54) is 12.3 Å². The van der Waals surface area contributed by atoms with Crippen LogP contribution in [0.2, 0.25) is 0 Å². The van der Waals surface area contributed by atoms with Crippen molar-refractivity contribution in [3.8, 4) is 5.75 Å². The fourth-order valence-corrected chi connectivity index (χ4v) is 0.945. The molecule has 0 aliphatic carbocycles. The van der Waals surface area contributed by atoms with Gasteiger partial charge in [-0.05, 0) is 19.1 Å². The molecular formula is C9H12FNO2. The normalized spacial score (nSPS) is 12.5. The van der Waals surface area contributed by atoms with Gasteiger partial charge in [-0.25, -0.2) is 4.98 Å². The first-order valence-corrected chi connectivity index (χ1v) is 4.00. The number of methoxy groups -OCH3 is 1. The molecule has 0 saturated heterocycles. The number of halogens is 1. The quantitative estimate of drug-likeness (QED) is 0.668. The highest BCUT2D eigenvalue weighted by molar-refractivity contribution is 5.17. The predicted octanol–water partition coefficient (Wildman–Crippen LogP) is 1.63. The van der Waals surface area contributed by atoms with E-state index < -0.39 is 5.95 Å². The SMILES string of the molecule is COCC(C)Oc1cccnc1F. The van der Waals surface area contributed by atoms with E-state index in [9.17, 15) is 4.39 Å². The van der Waals surface area contributed by atoms with Crippen molar-refractivity contribution in [3.05, 3.63) is 24.3 Å². The van der Waals surface area contributed by atoms with Crippen LogP contribution >= 0.6 is 0 Å². The molecular weight excluding hydrogens is 173 g/mol. The van der Waals surface area contributed by atoms with Gasteiger partial charge in [-0.3, -0.25) is 0 Å². The molecule has 0 aliphatic rings. The molecule has 1 heterocycles. The van der Waals surface area contributed by atoms with E-state index in [-0.39, 0.29) is 11.9 Å². The van der Waals surface area contributed by atoms with Crippen molar-refractivity contribution in [2.45, 2.75) is 13.0 Å². The molecule has 0 aliphatic heterocycles. The molecule has 3 nitrogen and oxygen atoms in total. The monoisotopic (exact) mass is 185 g/mol. The van der Waals surface area contributed by atoms with Crippen molar-refractivity contribution in [1.82, 2.24) is 4.98 Å². The number of hydrogen-bond acceptors (Lipinski definition) is 3. The smallest absolute Gasteiger partial charge is 0.255 e. The Bertz CT molecular complexity index is 268. The van der Waals surface area contributed by atoms with Crippen molar-refractivity contribution >= 4 is 0 Å². The Labute approximate surface area is 76.5 Å². The number of rotatable bonds is 4. The number of ether oxygens (including phenoxy) is 2. The van der Waals surface area contributed by atoms with Crippen LogP contribution in [0.3, 0.4) is 0 Å². The lowest BCUT2D eigenvalue weighted by Gasteiger charge is -2.13. The molecule has 1 rings (SSSR count). The van der Waals surface area contributed by atoms with Crippen LogP contribution in [-0.2, 0) is 4.74 Å². The molecule has 0 spiro atoms. The van der Waals surface area contributed by atoms with Gasteiger partial charge in [-0.15, -0.1) is 0 Å². The first-order valence-electron chi connectivity index (χ1n) is 4.00. The van der Waals surface area contributed by atoms with Crippen molar-refractivity contribution in [1.29, 1.82) is 0 Å². The molecule has 0 bridgehead atoms. The molecule has 1 aromatic heterocycles. The molecule has 0 amide bonds. The van der Waals surface area contributed by atoms with Gasteiger partial charge in [-0.1, -0.05) is 0 Å². The van der Waals surface area contributed by atoms with Gasteiger partial charge in [0.1, 0.15) is 6.10 Å². The van der Waals surface area contributed by atoms with Gasteiger partial charge < -0.3 is 9.47 Å². The van der Waals surface area contributed by atoms with E-state index in [2.05, 4.69) is 4.98 Å². The van der Waals surface area contributed by atoms with Crippen LogP contribution in [0.1, 0.15) is 6.92 Å². The first-order chi connectivity index (χ1) is 6.24. The van der Waals surface area contributed by atoms with E-state index in [4.69, 9.17) is 9.47 Å². The Balaban J connectivity index is 2.58. The maximum atomic E-state index is 12.9. The van der Waals surface area contributed by atoms with Gasteiger partial charge in [0.05, 0.1) is 6.61 Å². The van der Waals surface area contributed by atoms with E-state index in [0.29, 0.717) is 6.61 Å². The molecule has 1 atom stereocenters. The van der Waals surface area contributed by atoms with Crippen LogP contribution in [0.5, 0.6) is 5.75 Å². The van der Waals surface area contributed by atoms with Crippen LogP contribution in [-0.4, -0.2) is 24.8 Å². The zero-order valence-electron chi connectivity index (χ0n) is 7.66. The molecule has 0 fully saturated rings. The highest BCUT2D eigenvalue weighted by atomic mass is 19.1. The Kier molecular flexibility index (Phi) is 3.64. The largest absolute Gasteiger partial charge is 0.484 e. The fraction of sp³-hybridized carbons (Fsp3) is 0.444. The molecule has 1 unspecified atom stereocenters. The number of nitrogens with zero attached hydrogens (tertiary/aromatic N) is 1. The summed E-state index contributed by atoms with van der Waals surface area (Å²) in [5, 5.41) is 0. The average molecular weight is 185 g/mol. The van der Waals surface area contributed by atoms with Gasteiger partial charge in [-0.2, -0.15) is 4.39 Å². The molecule has 0 radical (unpaired) electrons. The summed E-state index contributed by atoms with van der Waals surface area (Å²) in [6.07, 6.45) is 1.20. The Morgan fingerprint density at radius 1 is 1.62 bits per heavy atom. The van der Waals surface area contributed by atoms with E-state index in [1.54, 1.807) is 20.1 Å². The average Bonchev–Trinajstić information content (AvgIpc) is 2.09. The van der Waals surface area contributed by atoms with Gasteiger partial charge in [0, 0.05) is 13.3 Å². The molecule has 4 heteroatoms. The van der Waals surface area contributed by atoms with Crippen LogP contribution in [0.4, 0.5) is 4.39 Å². The third-order valence-electron chi connectivity index (χ3n) is 1.45. The minimum absolute atomic E-state index is 0.159. The summed E-state index contributed by atoms with van der Waals surface area (Å²) in [4.78, 5) is 3.46. The third kappa shape index (κ3) is 2.99. The first kappa shape index (κ1) is 9.92. The van der Waals surface area contributed by atoms with E-state index in [1.807, 2.05) is 0 Å².